The van der Waals surface area contributed by atoms with Crippen molar-refractivity contribution in [3.05, 3.63) is 29.0 Å². The highest BCUT2D eigenvalue weighted by atomic mass is 35.5. The van der Waals surface area contributed by atoms with E-state index in [1.165, 1.54) is 12.1 Å². The van der Waals surface area contributed by atoms with Crippen LogP contribution in [0.1, 0.15) is 6.92 Å². The van der Waals surface area contributed by atoms with Crippen LogP contribution in [0.4, 0.5) is 10.1 Å². The number of nitrogens with one attached hydrogen (secondary N) is 2. The van der Waals surface area contributed by atoms with Crippen molar-refractivity contribution < 1.29 is 9.13 Å². The Morgan fingerprint density at radius 2 is 2.19 bits per heavy atom. The van der Waals surface area contributed by atoms with Gasteiger partial charge in [-0.25, -0.2) is 4.39 Å². The fourth-order valence-electron chi connectivity index (χ4n) is 2.14. The van der Waals surface area contributed by atoms with E-state index in [2.05, 4.69) is 22.5 Å². The Labute approximate surface area is 134 Å². The number of benzene rings is 1. The van der Waals surface area contributed by atoms with Crippen molar-refractivity contribution in [2.45, 2.75) is 13.0 Å². The van der Waals surface area contributed by atoms with Gasteiger partial charge in [-0.1, -0.05) is 11.6 Å². The molecule has 1 aromatic rings. The van der Waals surface area contributed by atoms with Gasteiger partial charge in [-0.05, 0) is 37.3 Å². The molecule has 1 atom stereocenters. The lowest BCUT2D eigenvalue weighted by Gasteiger charge is -2.32. The topological polar surface area (TPSA) is 36.5 Å². The Kier molecular flexibility index (Phi) is 6.17. The summed E-state index contributed by atoms with van der Waals surface area (Å²) in [5.74, 6) is -0.443. The van der Waals surface area contributed by atoms with Gasteiger partial charge >= 0.3 is 0 Å². The number of anilines is 1. The molecule has 1 saturated heterocycles. The third kappa shape index (κ3) is 5.07. The first-order valence-electron chi connectivity index (χ1n) is 6.88. The van der Waals surface area contributed by atoms with Crippen LogP contribution in [0.5, 0.6) is 0 Å². The van der Waals surface area contributed by atoms with Crippen molar-refractivity contribution in [3.63, 3.8) is 0 Å². The third-order valence-corrected chi connectivity index (χ3v) is 3.94. The van der Waals surface area contributed by atoms with Gasteiger partial charge in [0.15, 0.2) is 5.11 Å². The van der Waals surface area contributed by atoms with E-state index in [4.69, 9.17) is 28.6 Å². The maximum Gasteiger partial charge on any atom is 0.170 e. The van der Waals surface area contributed by atoms with E-state index in [0.29, 0.717) is 16.8 Å². The Morgan fingerprint density at radius 3 is 2.86 bits per heavy atom. The quantitative estimate of drug-likeness (QED) is 0.829. The van der Waals surface area contributed by atoms with Crippen LogP contribution in [0, 0.1) is 5.82 Å². The average molecular weight is 332 g/mol. The first-order chi connectivity index (χ1) is 10.1. The van der Waals surface area contributed by atoms with Crippen molar-refractivity contribution in [2.24, 2.45) is 0 Å². The number of ether oxygens (including phenoxy) is 1. The van der Waals surface area contributed by atoms with Crippen molar-refractivity contribution in [3.8, 4) is 0 Å². The van der Waals surface area contributed by atoms with Crippen LogP contribution >= 0.6 is 23.8 Å². The molecule has 116 valence electrons. The smallest absolute Gasteiger partial charge is 0.170 e. The van der Waals surface area contributed by atoms with Gasteiger partial charge in [-0.15, -0.1) is 0 Å². The highest BCUT2D eigenvalue weighted by molar-refractivity contribution is 7.80. The molecule has 1 unspecified atom stereocenters. The minimum absolute atomic E-state index is 0.0736. The molecule has 21 heavy (non-hydrogen) atoms. The lowest BCUT2D eigenvalue weighted by atomic mass is 10.2. The normalized spacial score (nSPS) is 17.3. The van der Waals surface area contributed by atoms with E-state index < -0.39 is 5.82 Å². The summed E-state index contributed by atoms with van der Waals surface area (Å²) in [7, 11) is 0. The van der Waals surface area contributed by atoms with Gasteiger partial charge in [0.1, 0.15) is 5.82 Å². The maximum atomic E-state index is 13.1. The number of rotatable bonds is 4. The van der Waals surface area contributed by atoms with E-state index in [9.17, 15) is 4.39 Å². The van der Waals surface area contributed by atoms with Crippen molar-refractivity contribution >= 4 is 34.6 Å². The fraction of sp³-hybridized carbons (Fsp3) is 0.500. The molecule has 0 amide bonds. The van der Waals surface area contributed by atoms with Crippen LogP contribution in [-0.4, -0.2) is 48.9 Å². The zero-order valence-electron chi connectivity index (χ0n) is 11.9. The van der Waals surface area contributed by atoms with Crippen LogP contribution < -0.4 is 10.6 Å². The number of hydrogen-bond donors (Lipinski definition) is 2. The third-order valence-electron chi connectivity index (χ3n) is 3.40. The highest BCUT2D eigenvalue weighted by Gasteiger charge is 2.16. The van der Waals surface area contributed by atoms with Gasteiger partial charge in [-0.2, -0.15) is 0 Å². The van der Waals surface area contributed by atoms with Gasteiger partial charge in [0.25, 0.3) is 0 Å². The molecule has 2 rings (SSSR count). The number of hydrogen-bond acceptors (Lipinski definition) is 3. The summed E-state index contributed by atoms with van der Waals surface area (Å²) < 4.78 is 18.4. The first kappa shape index (κ1) is 16.4. The zero-order chi connectivity index (χ0) is 15.2. The summed E-state index contributed by atoms with van der Waals surface area (Å²) in [6.45, 7) is 6.33. The van der Waals surface area contributed by atoms with E-state index in [-0.39, 0.29) is 5.02 Å². The van der Waals surface area contributed by atoms with E-state index in [0.717, 1.165) is 32.8 Å². The summed E-state index contributed by atoms with van der Waals surface area (Å²) in [5, 5.41) is 6.73. The van der Waals surface area contributed by atoms with E-state index in [1.807, 2.05) is 0 Å². The molecule has 0 radical (unpaired) electrons. The van der Waals surface area contributed by atoms with Gasteiger partial charge in [0.2, 0.25) is 0 Å². The molecule has 0 bridgehead atoms. The van der Waals surface area contributed by atoms with Gasteiger partial charge in [0, 0.05) is 31.4 Å². The summed E-state index contributed by atoms with van der Waals surface area (Å²) in [6.07, 6.45) is 0. The molecule has 1 heterocycles. The Hall–Kier alpha value is -0.950. The maximum absolute atomic E-state index is 13.1. The molecule has 1 aliphatic rings. The summed E-state index contributed by atoms with van der Waals surface area (Å²) in [4.78, 5) is 2.36. The minimum Gasteiger partial charge on any atom is -0.379 e. The molecule has 7 heteroatoms. The Balaban J connectivity index is 1.77. The standard InChI is InChI=1S/C14H19ClFN3OS/c1-10(19-4-6-20-7-5-19)9-17-14(21)18-11-2-3-13(16)12(15)8-11/h2-3,8,10H,4-7,9H2,1H3,(H2,17,18,21). The second-order valence-electron chi connectivity index (χ2n) is 4.96. The minimum atomic E-state index is -0.443. The van der Waals surface area contributed by atoms with Crippen molar-refractivity contribution in [1.82, 2.24) is 10.2 Å². The second kappa shape index (κ2) is 7.89. The van der Waals surface area contributed by atoms with Gasteiger partial charge in [0.05, 0.1) is 18.2 Å². The van der Waals surface area contributed by atoms with Gasteiger partial charge in [-0.3, -0.25) is 4.90 Å². The molecular weight excluding hydrogens is 313 g/mol. The number of nitrogens with zero attached hydrogens (tertiary/aromatic N) is 1. The SMILES string of the molecule is CC(CNC(=S)Nc1ccc(F)c(Cl)c1)N1CCOCC1. The van der Waals surface area contributed by atoms with E-state index in [1.54, 1.807) is 6.07 Å². The van der Waals surface area contributed by atoms with E-state index >= 15 is 0 Å². The predicted octanol–water partition coefficient (Wildman–Crippen LogP) is 2.49. The lowest BCUT2D eigenvalue weighted by molar-refractivity contribution is 0.0212. The van der Waals surface area contributed by atoms with Crippen LogP contribution in [0.3, 0.4) is 0 Å². The number of thiocarbonyl (C=S) groups is 1. The molecule has 0 saturated carbocycles. The van der Waals surface area contributed by atoms with Crippen LogP contribution in [0.2, 0.25) is 5.02 Å². The molecule has 4 nitrogen and oxygen atoms in total. The monoisotopic (exact) mass is 331 g/mol. The molecule has 2 N–H and O–H groups in total. The highest BCUT2D eigenvalue weighted by Crippen LogP contribution is 2.19. The lowest BCUT2D eigenvalue weighted by Crippen LogP contribution is -2.47. The molecule has 1 aliphatic heterocycles. The molecule has 1 fully saturated rings. The number of halogens is 2. The summed E-state index contributed by atoms with van der Waals surface area (Å²) in [6, 6.07) is 4.78. The predicted molar refractivity (Wildman–Crippen MR) is 87.5 cm³/mol. The Bertz CT molecular complexity index is 497. The fourth-order valence-corrected chi connectivity index (χ4v) is 2.52. The van der Waals surface area contributed by atoms with Crippen molar-refractivity contribution in [1.29, 1.82) is 0 Å². The Morgan fingerprint density at radius 1 is 1.48 bits per heavy atom. The average Bonchev–Trinajstić information content (AvgIpc) is 2.49. The summed E-state index contributed by atoms with van der Waals surface area (Å²) in [5.41, 5.74) is 0.665. The molecule has 1 aromatic carbocycles. The molecule has 0 spiro atoms. The zero-order valence-corrected chi connectivity index (χ0v) is 13.4. The first-order valence-corrected chi connectivity index (χ1v) is 7.66. The molecular formula is C14H19ClFN3OS. The molecule has 0 aliphatic carbocycles. The molecule has 0 aromatic heterocycles. The number of morpholine rings is 1. The van der Waals surface area contributed by atoms with Crippen molar-refractivity contribution in [2.75, 3.05) is 38.2 Å². The van der Waals surface area contributed by atoms with Crippen LogP contribution in [0.25, 0.3) is 0 Å². The largest absolute Gasteiger partial charge is 0.379 e. The summed E-state index contributed by atoms with van der Waals surface area (Å²) >= 11 is 11.0. The van der Waals surface area contributed by atoms with Gasteiger partial charge < -0.3 is 15.4 Å². The van der Waals surface area contributed by atoms with Crippen LogP contribution in [-0.2, 0) is 4.74 Å². The second-order valence-corrected chi connectivity index (χ2v) is 5.78. The van der Waals surface area contributed by atoms with Crippen LogP contribution in [0.15, 0.2) is 18.2 Å².